The molecule has 0 spiro atoms. The topological polar surface area (TPSA) is 138 Å². The van der Waals surface area contributed by atoms with Crippen LogP contribution in [0.3, 0.4) is 0 Å². The van der Waals surface area contributed by atoms with Gasteiger partial charge in [0.05, 0.1) is 17.7 Å². The van der Waals surface area contributed by atoms with Gasteiger partial charge in [-0.25, -0.2) is 9.50 Å². The van der Waals surface area contributed by atoms with Gasteiger partial charge in [0.25, 0.3) is 5.91 Å². The molecule has 5 aliphatic rings. The van der Waals surface area contributed by atoms with Gasteiger partial charge in [-0.3, -0.25) is 9.59 Å². The first-order valence-electron chi connectivity index (χ1n) is 12.2. The number of hydrogen-bond acceptors (Lipinski definition) is 7. The number of esters is 1. The number of nitrogens with zero attached hydrogens (tertiary/aromatic N) is 3. The monoisotopic (exact) mass is 452 g/mol. The Labute approximate surface area is 192 Å². The van der Waals surface area contributed by atoms with E-state index in [0.717, 1.165) is 36.3 Å². The summed E-state index contributed by atoms with van der Waals surface area (Å²) >= 11 is 0. The Balaban J connectivity index is 1.09. The molecule has 0 aromatic carbocycles. The number of rotatable bonds is 6. The van der Waals surface area contributed by atoms with Crippen molar-refractivity contribution in [3.63, 3.8) is 0 Å². The minimum Gasteiger partial charge on any atom is -0.464 e. The Kier molecular flexibility index (Phi) is 4.87. The smallest absolute Gasteiger partial charge is 0.306 e. The Morgan fingerprint density at radius 2 is 1.85 bits per heavy atom. The molecule has 5 N–H and O–H groups in total. The molecule has 0 radical (unpaired) electrons. The molecule has 0 unspecified atom stereocenters. The summed E-state index contributed by atoms with van der Waals surface area (Å²) in [5.74, 6) is 2.11. The Morgan fingerprint density at radius 1 is 1.15 bits per heavy atom. The highest BCUT2D eigenvalue weighted by atomic mass is 16.5. The van der Waals surface area contributed by atoms with Gasteiger partial charge in [-0.2, -0.15) is 5.10 Å². The quantitative estimate of drug-likeness (QED) is 0.572. The lowest BCUT2D eigenvalue weighted by molar-refractivity contribution is -0.152. The van der Waals surface area contributed by atoms with Gasteiger partial charge >= 0.3 is 5.97 Å². The summed E-state index contributed by atoms with van der Waals surface area (Å²) in [6, 6.07) is 1.77. The Bertz CT molecular complexity index is 1080. The van der Waals surface area contributed by atoms with E-state index in [2.05, 4.69) is 15.4 Å². The molecule has 9 nitrogen and oxygen atoms in total. The molecule has 7 rings (SSSR count). The van der Waals surface area contributed by atoms with E-state index in [1.54, 1.807) is 10.6 Å². The number of primary amides is 1. The Hall–Kier alpha value is -2.68. The predicted molar refractivity (Wildman–Crippen MR) is 121 cm³/mol. The number of nitrogens with one attached hydrogen (secondary N) is 1. The van der Waals surface area contributed by atoms with Gasteiger partial charge in [0.15, 0.2) is 5.82 Å². The molecule has 33 heavy (non-hydrogen) atoms. The third kappa shape index (κ3) is 3.66. The van der Waals surface area contributed by atoms with Crippen LogP contribution in [0.4, 0.5) is 5.82 Å². The minimum absolute atomic E-state index is 0.0354. The number of carbonyl (C=O) groups excluding carboxylic acids is 2. The molecule has 3 heterocycles. The molecule has 176 valence electrons. The van der Waals surface area contributed by atoms with E-state index in [0.29, 0.717) is 24.1 Å². The summed E-state index contributed by atoms with van der Waals surface area (Å²) in [5.41, 5.74) is 13.3. The number of nitrogens with two attached hydrogens (primary N) is 2. The molecule has 1 saturated heterocycles. The summed E-state index contributed by atoms with van der Waals surface area (Å²) in [7, 11) is 0. The molecule has 9 heteroatoms. The second kappa shape index (κ2) is 7.68. The maximum atomic E-state index is 12.8. The highest BCUT2D eigenvalue weighted by Gasteiger charge is 2.51. The SMILES string of the molecule is NC(=O)c1cc([C@H]2CC[C@@H](COC(=O)CC34CC5CC(CC(C5)C3)C4)N2)n2ncnc(N)c12. The minimum atomic E-state index is -0.562. The zero-order chi connectivity index (χ0) is 22.7. The molecule has 2 aromatic rings. The standard InChI is InChI=1S/C24H32N6O3/c25-22-21-17(23(26)32)6-19(30(21)28-12-27-22)18-2-1-16(29-18)11-33-20(31)10-24-7-13-3-14(8-24)5-15(4-13)9-24/h6,12-16,18,29H,1-5,7-11H2,(H2,26,32)(H2,25,27,28)/t13?,14?,15?,16-,18+,24?/m0/s1. The van der Waals surface area contributed by atoms with Crippen molar-refractivity contribution in [3.8, 4) is 0 Å². The van der Waals surface area contributed by atoms with Crippen LogP contribution >= 0.6 is 0 Å². The number of fused-ring (bicyclic) bond motifs is 1. The van der Waals surface area contributed by atoms with Crippen LogP contribution in [0.25, 0.3) is 5.52 Å². The van der Waals surface area contributed by atoms with Crippen molar-refractivity contribution < 1.29 is 14.3 Å². The van der Waals surface area contributed by atoms with Crippen molar-refractivity contribution in [2.75, 3.05) is 12.3 Å². The van der Waals surface area contributed by atoms with Crippen molar-refractivity contribution in [2.45, 2.75) is 69.9 Å². The van der Waals surface area contributed by atoms with Crippen LogP contribution in [0.2, 0.25) is 0 Å². The molecular formula is C24H32N6O3. The van der Waals surface area contributed by atoms with Crippen LogP contribution in [0.1, 0.15) is 79.9 Å². The van der Waals surface area contributed by atoms with E-state index in [9.17, 15) is 9.59 Å². The molecule has 4 aliphatic carbocycles. The van der Waals surface area contributed by atoms with Crippen molar-refractivity contribution >= 4 is 23.2 Å². The maximum Gasteiger partial charge on any atom is 0.306 e. The first-order valence-corrected chi connectivity index (χ1v) is 12.2. The number of nitrogen functional groups attached to an aromatic ring is 1. The van der Waals surface area contributed by atoms with Crippen molar-refractivity contribution in [3.05, 3.63) is 23.7 Å². The number of amides is 1. The average Bonchev–Trinajstić information content (AvgIpc) is 3.36. The second-order valence-electron chi connectivity index (χ2n) is 11.0. The molecule has 4 bridgehead atoms. The fourth-order valence-corrected chi connectivity index (χ4v) is 7.77. The number of anilines is 1. The lowest BCUT2D eigenvalue weighted by atomic mass is 9.49. The number of carbonyl (C=O) groups is 2. The summed E-state index contributed by atoms with van der Waals surface area (Å²) in [6.45, 7) is 0.366. The van der Waals surface area contributed by atoms with Crippen LogP contribution in [0.15, 0.2) is 12.4 Å². The van der Waals surface area contributed by atoms with Gasteiger partial charge in [0.1, 0.15) is 18.5 Å². The number of ether oxygens (including phenoxy) is 1. The van der Waals surface area contributed by atoms with Crippen molar-refractivity contribution in [1.29, 1.82) is 0 Å². The fraction of sp³-hybridized carbons (Fsp3) is 0.667. The van der Waals surface area contributed by atoms with Gasteiger partial charge in [-0.05, 0) is 80.6 Å². The summed E-state index contributed by atoms with van der Waals surface area (Å²) in [6.07, 6.45) is 11.4. The lowest BCUT2D eigenvalue weighted by Crippen LogP contribution is -2.47. The van der Waals surface area contributed by atoms with E-state index in [1.165, 1.54) is 44.9 Å². The zero-order valence-electron chi connectivity index (χ0n) is 18.8. The van der Waals surface area contributed by atoms with Gasteiger partial charge in [0.2, 0.25) is 0 Å². The predicted octanol–water partition coefficient (Wildman–Crippen LogP) is 2.35. The van der Waals surface area contributed by atoms with Crippen LogP contribution < -0.4 is 16.8 Å². The van der Waals surface area contributed by atoms with E-state index in [4.69, 9.17) is 16.2 Å². The van der Waals surface area contributed by atoms with E-state index in [-0.39, 0.29) is 29.3 Å². The van der Waals surface area contributed by atoms with E-state index < -0.39 is 5.91 Å². The van der Waals surface area contributed by atoms with Crippen LogP contribution in [-0.4, -0.2) is 39.1 Å². The largest absolute Gasteiger partial charge is 0.464 e. The van der Waals surface area contributed by atoms with Crippen molar-refractivity contribution in [2.24, 2.45) is 28.9 Å². The normalized spacial score (nSPS) is 34.7. The first-order chi connectivity index (χ1) is 15.9. The van der Waals surface area contributed by atoms with Gasteiger partial charge in [0, 0.05) is 12.1 Å². The second-order valence-corrected chi connectivity index (χ2v) is 11.0. The maximum absolute atomic E-state index is 12.8. The zero-order valence-corrected chi connectivity index (χ0v) is 18.8. The molecule has 2 atom stereocenters. The molecule has 5 fully saturated rings. The highest BCUT2D eigenvalue weighted by Crippen LogP contribution is 2.61. The highest BCUT2D eigenvalue weighted by molar-refractivity contribution is 6.02. The van der Waals surface area contributed by atoms with Gasteiger partial charge < -0.3 is 21.5 Å². The number of aromatic nitrogens is 3. The number of hydrogen-bond donors (Lipinski definition) is 3. The first kappa shape index (κ1) is 20.9. The molecule has 1 aliphatic heterocycles. The fourth-order valence-electron chi connectivity index (χ4n) is 7.77. The van der Waals surface area contributed by atoms with Crippen LogP contribution in [0, 0.1) is 23.2 Å². The third-order valence-electron chi connectivity index (χ3n) is 8.60. The van der Waals surface area contributed by atoms with E-state index >= 15 is 0 Å². The average molecular weight is 453 g/mol. The summed E-state index contributed by atoms with van der Waals surface area (Å²) < 4.78 is 7.41. The van der Waals surface area contributed by atoms with Crippen LogP contribution in [0.5, 0.6) is 0 Å². The summed E-state index contributed by atoms with van der Waals surface area (Å²) in [5, 5.41) is 7.82. The summed E-state index contributed by atoms with van der Waals surface area (Å²) in [4.78, 5) is 28.7. The molecular weight excluding hydrogens is 420 g/mol. The van der Waals surface area contributed by atoms with Gasteiger partial charge in [-0.15, -0.1) is 0 Å². The van der Waals surface area contributed by atoms with E-state index in [1.807, 2.05) is 0 Å². The van der Waals surface area contributed by atoms with Gasteiger partial charge in [-0.1, -0.05) is 0 Å². The molecule has 1 amide bonds. The Morgan fingerprint density at radius 3 is 2.52 bits per heavy atom. The molecule has 2 aromatic heterocycles. The molecule has 4 saturated carbocycles. The third-order valence-corrected chi connectivity index (χ3v) is 8.60. The lowest BCUT2D eigenvalue weighted by Gasteiger charge is -2.56. The van der Waals surface area contributed by atoms with Crippen LogP contribution in [-0.2, 0) is 9.53 Å². The van der Waals surface area contributed by atoms with Crippen molar-refractivity contribution in [1.82, 2.24) is 19.9 Å².